The number of aromatic nitrogens is 3. The molecule has 0 atom stereocenters. The van der Waals surface area contributed by atoms with E-state index in [4.69, 9.17) is 20.6 Å². The Morgan fingerprint density at radius 1 is 0.923 bits per heavy atom. The van der Waals surface area contributed by atoms with Crippen LogP contribution in [0.25, 0.3) is 34.1 Å². The third-order valence-electron chi connectivity index (χ3n) is 4.01. The lowest BCUT2D eigenvalue weighted by Crippen LogP contribution is -1.90. The molecule has 4 rings (SSSR count). The molecular weight excluding hydrogens is 357 g/mol. The van der Waals surface area contributed by atoms with E-state index in [0.717, 1.165) is 11.1 Å². The minimum absolute atomic E-state index is 0.135. The van der Waals surface area contributed by atoms with Crippen molar-refractivity contribution >= 4 is 11.6 Å². The first-order chi connectivity index (χ1) is 12.5. The van der Waals surface area contributed by atoms with Crippen LogP contribution in [0.1, 0.15) is 11.3 Å². The van der Waals surface area contributed by atoms with E-state index in [1.165, 1.54) is 12.1 Å². The first-order valence-electron chi connectivity index (χ1n) is 7.86. The van der Waals surface area contributed by atoms with Gasteiger partial charge < -0.3 is 9.05 Å². The lowest BCUT2D eigenvalue weighted by molar-refractivity contribution is 0.397. The highest BCUT2D eigenvalue weighted by atomic mass is 35.5. The second kappa shape index (κ2) is 6.38. The zero-order valence-electron chi connectivity index (χ0n) is 14.0. The normalized spacial score (nSPS) is 11.1. The highest BCUT2D eigenvalue weighted by Gasteiger charge is 2.25. The second-order valence-electron chi connectivity index (χ2n) is 5.85. The van der Waals surface area contributed by atoms with Crippen LogP contribution in [0.3, 0.4) is 0 Å². The average Bonchev–Trinajstić information content (AvgIpc) is 3.22. The Labute approximate surface area is 153 Å². The Bertz CT molecular complexity index is 1070. The van der Waals surface area contributed by atoms with Crippen molar-refractivity contribution in [1.82, 2.24) is 15.3 Å². The minimum atomic E-state index is -0.509. The summed E-state index contributed by atoms with van der Waals surface area (Å²) in [4.78, 5) is 4.42. The molecule has 2 heterocycles. The summed E-state index contributed by atoms with van der Waals surface area (Å²) in [6, 6.07) is 12.1. The molecule has 0 aliphatic rings. The Hall–Kier alpha value is -2.99. The van der Waals surface area contributed by atoms with Gasteiger partial charge in [0.2, 0.25) is 5.82 Å². The molecule has 2 aromatic carbocycles. The number of hydrogen-bond acceptors (Lipinski definition) is 5. The molecule has 0 N–H and O–H groups in total. The van der Waals surface area contributed by atoms with Crippen LogP contribution in [-0.4, -0.2) is 15.3 Å². The van der Waals surface area contributed by atoms with Gasteiger partial charge in [-0.25, -0.2) is 4.39 Å². The van der Waals surface area contributed by atoms with Crippen LogP contribution < -0.4 is 0 Å². The van der Waals surface area contributed by atoms with Crippen molar-refractivity contribution in [2.45, 2.75) is 13.8 Å². The fourth-order valence-electron chi connectivity index (χ4n) is 2.66. The van der Waals surface area contributed by atoms with Gasteiger partial charge in [0.05, 0.1) is 10.6 Å². The molecule has 26 heavy (non-hydrogen) atoms. The summed E-state index contributed by atoms with van der Waals surface area (Å²) in [5.41, 5.74) is 2.72. The monoisotopic (exact) mass is 369 g/mol. The van der Waals surface area contributed by atoms with E-state index in [9.17, 15) is 4.39 Å². The van der Waals surface area contributed by atoms with Crippen LogP contribution in [0, 0.1) is 19.7 Å². The lowest BCUT2D eigenvalue weighted by Gasteiger charge is -2.03. The predicted molar refractivity (Wildman–Crippen MR) is 95.1 cm³/mol. The summed E-state index contributed by atoms with van der Waals surface area (Å²) >= 11 is 6.16. The van der Waals surface area contributed by atoms with Crippen LogP contribution in [0.4, 0.5) is 4.39 Å². The van der Waals surface area contributed by atoms with E-state index in [1.807, 2.05) is 31.2 Å². The third kappa shape index (κ3) is 2.78. The molecule has 7 heteroatoms. The van der Waals surface area contributed by atoms with Gasteiger partial charge >= 0.3 is 0 Å². The van der Waals surface area contributed by atoms with Crippen molar-refractivity contribution in [3.8, 4) is 34.1 Å². The highest BCUT2D eigenvalue weighted by molar-refractivity contribution is 6.33. The van der Waals surface area contributed by atoms with E-state index in [1.54, 1.807) is 13.0 Å². The summed E-state index contributed by atoms with van der Waals surface area (Å²) in [5.74, 6) is 0.531. The summed E-state index contributed by atoms with van der Waals surface area (Å²) in [7, 11) is 0. The number of aryl methyl sites for hydroxylation is 2. The van der Waals surface area contributed by atoms with Crippen molar-refractivity contribution in [3.05, 3.63) is 64.6 Å². The van der Waals surface area contributed by atoms with Crippen molar-refractivity contribution in [2.24, 2.45) is 0 Å². The van der Waals surface area contributed by atoms with Crippen LogP contribution in [0.5, 0.6) is 0 Å². The molecule has 0 fully saturated rings. The number of halogens is 2. The fraction of sp³-hybridized carbons (Fsp3) is 0.105. The van der Waals surface area contributed by atoms with Gasteiger partial charge in [-0.2, -0.15) is 4.98 Å². The summed E-state index contributed by atoms with van der Waals surface area (Å²) in [6.07, 6.45) is 0. The van der Waals surface area contributed by atoms with Gasteiger partial charge in [0.15, 0.2) is 0 Å². The molecule has 0 amide bonds. The Morgan fingerprint density at radius 2 is 1.69 bits per heavy atom. The van der Waals surface area contributed by atoms with Gasteiger partial charge in [-0.15, -0.1) is 0 Å². The first kappa shape index (κ1) is 16.5. The van der Waals surface area contributed by atoms with Crippen LogP contribution in [0.2, 0.25) is 5.02 Å². The van der Waals surface area contributed by atoms with Crippen LogP contribution >= 0.6 is 11.6 Å². The number of nitrogens with zero attached hydrogens (tertiary/aromatic N) is 3. The van der Waals surface area contributed by atoms with Gasteiger partial charge in [0.1, 0.15) is 22.8 Å². The smallest absolute Gasteiger partial charge is 0.264 e. The van der Waals surface area contributed by atoms with Crippen molar-refractivity contribution in [1.29, 1.82) is 0 Å². The number of benzene rings is 2. The van der Waals surface area contributed by atoms with E-state index in [-0.39, 0.29) is 22.2 Å². The van der Waals surface area contributed by atoms with Gasteiger partial charge in [0.25, 0.3) is 5.89 Å². The van der Waals surface area contributed by atoms with E-state index >= 15 is 0 Å². The van der Waals surface area contributed by atoms with Crippen molar-refractivity contribution in [2.75, 3.05) is 0 Å². The molecule has 0 aliphatic heterocycles. The summed E-state index contributed by atoms with van der Waals surface area (Å²) in [5, 5.41) is 8.18. The molecular formula is C19H13ClFN3O2. The summed E-state index contributed by atoms with van der Waals surface area (Å²) in [6.45, 7) is 3.69. The lowest BCUT2D eigenvalue weighted by atomic mass is 10.1. The molecule has 130 valence electrons. The maximum absolute atomic E-state index is 14.3. The molecule has 0 spiro atoms. The molecule has 2 aromatic heterocycles. The standard InChI is InChI=1S/C19H13ClFN3O2/c1-10-6-8-12(9-7-10)18-22-19(26-24-18)15-11(2)25-23-17(15)16-13(20)4-3-5-14(16)21/h3-9H,1-2H3. The molecule has 0 saturated heterocycles. The molecule has 0 radical (unpaired) electrons. The largest absolute Gasteiger partial charge is 0.360 e. The molecule has 4 aromatic rings. The summed E-state index contributed by atoms with van der Waals surface area (Å²) < 4.78 is 24.9. The molecule has 0 aliphatic carbocycles. The van der Waals surface area contributed by atoms with Gasteiger partial charge in [0, 0.05) is 5.56 Å². The zero-order chi connectivity index (χ0) is 18.3. The fourth-order valence-corrected chi connectivity index (χ4v) is 2.92. The minimum Gasteiger partial charge on any atom is -0.360 e. The number of hydrogen-bond donors (Lipinski definition) is 0. The van der Waals surface area contributed by atoms with E-state index in [0.29, 0.717) is 17.1 Å². The molecule has 0 unspecified atom stereocenters. The van der Waals surface area contributed by atoms with Crippen molar-refractivity contribution in [3.63, 3.8) is 0 Å². The predicted octanol–water partition coefficient (Wildman–Crippen LogP) is 5.47. The second-order valence-corrected chi connectivity index (χ2v) is 6.26. The SMILES string of the molecule is Cc1ccc(-c2noc(-c3c(-c4c(F)cccc4Cl)noc3C)n2)cc1. The van der Waals surface area contributed by atoms with Gasteiger partial charge in [-0.3, -0.25) is 0 Å². The quantitative estimate of drug-likeness (QED) is 0.479. The Kier molecular flexibility index (Phi) is 4.05. The van der Waals surface area contributed by atoms with Gasteiger partial charge in [-0.05, 0) is 26.0 Å². The average molecular weight is 370 g/mol. The number of rotatable bonds is 3. The highest BCUT2D eigenvalue weighted by Crippen LogP contribution is 2.38. The molecule has 5 nitrogen and oxygen atoms in total. The van der Waals surface area contributed by atoms with E-state index < -0.39 is 5.82 Å². The van der Waals surface area contributed by atoms with Gasteiger partial charge in [-0.1, -0.05) is 57.8 Å². The Morgan fingerprint density at radius 3 is 2.42 bits per heavy atom. The third-order valence-corrected chi connectivity index (χ3v) is 4.33. The molecule has 0 bridgehead atoms. The van der Waals surface area contributed by atoms with Crippen molar-refractivity contribution < 1.29 is 13.4 Å². The van der Waals surface area contributed by atoms with Crippen LogP contribution in [-0.2, 0) is 0 Å². The maximum atomic E-state index is 14.3. The topological polar surface area (TPSA) is 65.0 Å². The molecule has 0 saturated carbocycles. The maximum Gasteiger partial charge on any atom is 0.264 e. The zero-order valence-corrected chi connectivity index (χ0v) is 14.7. The Balaban J connectivity index is 1.83. The van der Waals surface area contributed by atoms with Crippen LogP contribution in [0.15, 0.2) is 51.5 Å². The first-order valence-corrected chi connectivity index (χ1v) is 8.24. The van der Waals surface area contributed by atoms with E-state index in [2.05, 4.69) is 15.3 Å².